The minimum absolute atomic E-state index is 0.177. The summed E-state index contributed by atoms with van der Waals surface area (Å²) in [5.41, 5.74) is 1.57. The van der Waals surface area contributed by atoms with Crippen molar-refractivity contribution in [3.05, 3.63) is 47.8 Å². The van der Waals surface area contributed by atoms with Gasteiger partial charge in [-0.25, -0.2) is 4.79 Å². The van der Waals surface area contributed by atoms with Gasteiger partial charge in [-0.05, 0) is 57.4 Å². The molecule has 0 atom stereocenters. The summed E-state index contributed by atoms with van der Waals surface area (Å²) < 4.78 is 6.97. The summed E-state index contributed by atoms with van der Waals surface area (Å²) in [6, 6.07) is 6.76. The number of anilines is 1. The third kappa shape index (κ3) is 6.58. The standard InChI is InChI=1S/C19H26N4O3/c1-19(2,3)26-18(25)22-16-9-5-8-15(11-16)17(24)20-10-6-7-14-12-21-23(4)13-14/h5,8-9,11-13H,6-7,10H2,1-4H3,(H,20,24)(H,22,25). The predicted molar refractivity (Wildman–Crippen MR) is 100 cm³/mol. The first-order chi connectivity index (χ1) is 12.2. The molecule has 7 heteroatoms. The number of carbonyl (C=O) groups is 2. The number of hydrogen-bond donors (Lipinski definition) is 2. The summed E-state index contributed by atoms with van der Waals surface area (Å²) >= 11 is 0. The normalized spacial score (nSPS) is 11.1. The van der Waals surface area contributed by atoms with Crippen LogP contribution in [0, 0.1) is 0 Å². The lowest BCUT2D eigenvalue weighted by atomic mass is 10.1. The summed E-state index contributed by atoms with van der Waals surface area (Å²) in [6.45, 7) is 5.95. The number of ether oxygens (including phenoxy) is 1. The van der Waals surface area contributed by atoms with Gasteiger partial charge in [-0.3, -0.25) is 14.8 Å². The van der Waals surface area contributed by atoms with Crippen LogP contribution in [-0.4, -0.2) is 33.9 Å². The van der Waals surface area contributed by atoms with E-state index in [-0.39, 0.29) is 5.91 Å². The zero-order valence-corrected chi connectivity index (χ0v) is 15.7. The maximum atomic E-state index is 12.3. The second-order valence-corrected chi connectivity index (χ2v) is 7.09. The number of aryl methyl sites for hydroxylation is 2. The average Bonchev–Trinajstić information content (AvgIpc) is 2.95. The smallest absolute Gasteiger partial charge is 0.412 e. The van der Waals surface area contributed by atoms with E-state index in [4.69, 9.17) is 4.74 Å². The Hall–Kier alpha value is -2.83. The first kappa shape index (κ1) is 19.5. The summed E-state index contributed by atoms with van der Waals surface area (Å²) in [5.74, 6) is -0.177. The molecule has 0 aliphatic carbocycles. The summed E-state index contributed by atoms with van der Waals surface area (Å²) in [7, 11) is 1.88. The lowest BCUT2D eigenvalue weighted by molar-refractivity contribution is 0.0635. The van der Waals surface area contributed by atoms with Crippen molar-refractivity contribution in [3.8, 4) is 0 Å². The van der Waals surface area contributed by atoms with E-state index in [0.717, 1.165) is 18.4 Å². The Morgan fingerprint density at radius 3 is 2.69 bits per heavy atom. The minimum atomic E-state index is -0.576. The van der Waals surface area contributed by atoms with Gasteiger partial charge in [0.15, 0.2) is 0 Å². The minimum Gasteiger partial charge on any atom is -0.444 e. The number of rotatable bonds is 6. The van der Waals surface area contributed by atoms with E-state index in [1.54, 1.807) is 49.7 Å². The van der Waals surface area contributed by atoms with Crippen LogP contribution in [-0.2, 0) is 18.2 Å². The number of benzene rings is 1. The first-order valence-electron chi connectivity index (χ1n) is 8.59. The fraction of sp³-hybridized carbons (Fsp3) is 0.421. The van der Waals surface area contributed by atoms with E-state index in [1.165, 1.54) is 0 Å². The van der Waals surface area contributed by atoms with Crippen molar-refractivity contribution in [2.45, 2.75) is 39.2 Å². The fourth-order valence-corrected chi connectivity index (χ4v) is 2.36. The van der Waals surface area contributed by atoms with Crippen molar-refractivity contribution >= 4 is 17.7 Å². The molecule has 0 radical (unpaired) electrons. The Kier molecular flexibility index (Phi) is 6.38. The van der Waals surface area contributed by atoms with Gasteiger partial charge >= 0.3 is 6.09 Å². The predicted octanol–water partition coefficient (Wildman–Crippen LogP) is 3.13. The highest BCUT2D eigenvalue weighted by molar-refractivity contribution is 5.96. The summed E-state index contributed by atoms with van der Waals surface area (Å²) in [4.78, 5) is 24.1. The Morgan fingerprint density at radius 2 is 2.04 bits per heavy atom. The van der Waals surface area contributed by atoms with Crippen molar-refractivity contribution in [2.24, 2.45) is 7.05 Å². The number of carbonyl (C=O) groups excluding carboxylic acids is 2. The van der Waals surface area contributed by atoms with E-state index < -0.39 is 11.7 Å². The molecule has 1 aromatic carbocycles. The zero-order valence-electron chi connectivity index (χ0n) is 15.7. The second kappa shape index (κ2) is 8.51. The second-order valence-electron chi connectivity index (χ2n) is 7.09. The van der Waals surface area contributed by atoms with Crippen molar-refractivity contribution in [1.29, 1.82) is 0 Å². The average molecular weight is 358 g/mol. The molecule has 0 spiro atoms. The number of amides is 2. The van der Waals surface area contributed by atoms with Crippen LogP contribution in [0.4, 0.5) is 10.5 Å². The molecule has 26 heavy (non-hydrogen) atoms. The van der Waals surface area contributed by atoms with Gasteiger partial charge in [0.1, 0.15) is 5.60 Å². The van der Waals surface area contributed by atoms with Gasteiger partial charge < -0.3 is 10.1 Å². The SMILES string of the molecule is Cn1cc(CCCNC(=O)c2cccc(NC(=O)OC(C)(C)C)c2)cn1. The van der Waals surface area contributed by atoms with Crippen molar-refractivity contribution in [3.63, 3.8) is 0 Å². The van der Waals surface area contributed by atoms with E-state index in [2.05, 4.69) is 15.7 Å². The van der Waals surface area contributed by atoms with Gasteiger partial charge in [0.25, 0.3) is 5.91 Å². The van der Waals surface area contributed by atoms with E-state index in [9.17, 15) is 9.59 Å². The highest BCUT2D eigenvalue weighted by Crippen LogP contribution is 2.13. The van der Waals surface area contributed by atoms with Crippen molar-refractivity contribution in [2.75, 3.05) is 11.9 Å². The topological polar surface area (TPSA) is 85.2 Å². The molecule has 2 amide bonds. The maximum Gasteiger partial charge on any atom is 0.412 e. The Bertz CT molecular complexity index is 762. The molecule has 0 saturated carbocycles. The number of aromatic nitrogens is 2. The van der Waals surface area contributed by atoms with Crippen LogP contribution in [0.3, 0.4) is 0 Å². The fourth-order valence-electron chi connectivity index (χ4n) is 2.36. The van der Waals surface area contributed by atoms with Crippen molar-refractivity contribution in [1.82, 2.24) is 15.1 Å². The van der Waals surface area contributed by atoms with Crippen LogP contribution in [0.2, 0.25) is 0 Å². The molecule has 0 bridgehead atoms. The van der Waals surface area contributed by atoms with Crippen LogP contribution in [0.1, 0.15) is 43.1 Å². The molecule has 0 saturated heterocycles. The third-order valence-electron chi connectivity index (χ3n) is 3.46. The number of hydrogen-bond acceptors (Lipinski definition) is 4. The lowest BCUT2D eigenvalue weighted by Crippen LogP contribution is -2.27. The summed E-state index contributed by atoms with van der Waals surface area (Å²) in [6.07, 6.45) is 4.93. The highest BCUT2D eigenvalue weighted by Gasteiger charge is 2.16. The van der Waals surface area contributed by atoms with Crippen LogP contribution in [0.25, 0.3) is 0 Å². The summed E-state index contributed by atoms with van der Waals surface area (Å²) in [5, 5.41) is 9.64. The molecule has 0 aliphatic rings. The van der Waals surface area contributed by atoms with Crippen LogP contribution < -0.4 is 10.6 Å². The molecule has 2 aromatic rings. The highest BCUT2D eigenvalue weighted by atomic mass is 16.6. The molecule has 0 unspecified atom stereocenters. The quantitative estimate of drug-likeness (QED) is 0.777. The zero-order chi connectivity index (χ0) is 19.2. The molecule has 0 fully saturated rings. The lowest BCUT2D eigenvalue weighted by Gasteiger charge is -2.19. The number of nitrogens with zero attached hydrogens (tertiary/aromatic N) is 2. The van der Waals surface area contributed by atoms with Crippen molar-refractivity contribution < 1.29 is 14.3 Å². The van der Waals surface area contributed by atoms with Gasteiger partial charge in [0.2, 0.25) is 0 Å². The van der Waals surface area contributed by atoms with Crippen LogP contribution in [0.5, 0.6) is 0 Å². The largest absolute Gasteiger partial charge is 0.444 e. The van der Waals surface area contributed by atoms with Gasteiger partial charge in [0, 0.05) is 31.0 Å². The van der Waals surface area contributed by atoms with E-state index in [0.29, 0.717) is 17.8 Å². The monoisotopic (exact) mass is 358 g/mol. The Morgan fingerprint density at radius 1 is 1.27 bits per heavy atom. The molecule has 140 valence electrons. The van der Waals surface area contributed by atoms with Crippen LogP contribution in [0.15, 0.2) is 36.7 Å². The van der Waals surface area contributed by atoms with Gasteiger partial charge in [-0.2, -0.15) is 5.10 Å². The molecule has 2 N–H and O–H groups in total. The Labute approximate surface area is 153 Å². The molecule has 2 rings (SSSR count). The van der Waals surface area contributed by atoms with E-state index in [1.807, 2.05) is 19.4 Å². The molecule has 1 heterocycles. The number of nitrogens with one attached hydrogen (secondary N) is 2. The van der Waals surface area contributed by atoms with Gasteiger partial charge in [-0.1, -0.05) is 6.07 Å². The van der Waals surface area contributed by atoms with Gasteiger partial charge in [-0.15, -0.1) is 0 Å². The molecule has 7 nitrogen and oxygen atoms in total. The van der Waals surface area contributed by atoms with Crippen LogP contribution >= 0.6 is 0 Å². The van der Waals surface area contributed by atoms with Gasteiger partial charge in [0.05, 0.1) is 6.20 Å². The van der Waals surface area contributed by atoms with E-state index >= 15 is 0 Å². The molecular formula is C19H26N4O3. The molecule has 1 aromatic heterocycles. The first-order valence-corrected chi connectivity index (χ1v) is 8.59. The third-order valence-corrected chi connectivity index (χ3v) is 3.46. The maximum absolute atomic E-state index is 12.3. The molecular weight excluding hydrogens is 332 g/mol. The molecule has 0 aliphatic heterocycles. The Balaban J connectivity index is 1.82.